The molecule has 0 saturated carbocycles. The molecular formula is C16H26N2O. The van der Waals surface area contributed by atoms with Gasteiger partial charge in [-0.1, -0.05) is 12.1 Å². The van der Waals surface area contributed by atoms with Crippen molar-refractivity contribution >= 4 is 0 Å². The summed E-state index contributed by atoms with van der Waals surface area (Å²) in [5.74, 6) is 1.71. The summed E-state index contributed by atoms with van der Waals surface area (Å²) < 4.78 is 5.32. The van der Waals surface area contributed by atoms with Gasteiger partial charge in [-0.05, 0) is 62.9 Å². The van der Waals surface area contributed by atoms with Crippen LogP contribution in [0.3, 0.4) is 0 Å². The van der Waals surface area contributed by atoms with Crippen LogP contribution in [0.5, 0.6) is 5.75 Å². The molecule has 1 saturated heterocycles. The number of benzene rings is 1. The Bertz CT molecular complexity index is 392. The van der Waals surface area contributed by atoms with E-state index in [9.17, 15) is 0 Å². The van der Waals surface area contributed by atoms with Gasteiger partial charge < -0.3 is 10.5 Å². The molecule has 0 radical (unpaired) electrons. The number of likely N-dealkylation sites (tertiary alicyclic amines) is 1. The molecule has 2 rings (SSSR count). The molecule has 1 aliphatic rings. The number of rotatable bonds is 5. The lowest BCUT2D eigenvalue weighted by Crippen LogP contribution is -2.37. The van der Waals surface area contributed by atoms with Gasteiger partial charge in [-0.3, -0.25) is 4.90 Å². The van der Waals surface area contributed by atoms with Crippen LogP contribution in [0.25, 0.3) is 0 Å². The first kappa shape index (κ1) is 14.4. The SMILES string of the molecule is COc1cccc(C(C)N2CCCC(CCN)C2)c1. The molecule has 3 nitrogen and oxygen atoms in total. The standard InChI is InChI=1S/C16H26N2O/c1-13(15-6-3-7-16(11-15)19-2)18-10-4-5-14(12-18)8-9-17/h3,6-7,11,13-14H,4-5,8-10,12,17H2,1-2H3. The molecule has 1 aromatic carbocycles. The topological polar surface area (TPSA) is 38.5 Å². The Kier molecular flexibility index (Phi) is 5.23. The van der Waals surface area contributed by atoms with Crippen LogP contribution >= 0.6 is 0 Å². The summed E-state index contributed by atoms with van der Waals surface area (Å²) in [6, 6.07) is 8.88. The maximum Gasteiger partial charge on any atom is 0.119 e. The van der Waals surface area contributed by atoms with E-state index in [1.165, 1.54) is 31.5 Å². The second-order valence-electron chi connectivity index (χ2n) is 5.53. The molecule has 1 aliphatic heterocycles. The summed E-state index contributed by atoms with van der Waals surface area (Å²) in [5, 5.41) is 0. The minimum Gasteiger partial charge on any atom is -0.497 e. The van der Waals surface area contributed by atoms with Gasteiger partial charge in [0.25, 0.3) is 0 Å². The molecule has 1 heterocycles. The monoisotopic (exact) mass is 262 g/mol. The summed E-state index contributed by atoms with van der Waals surface area (Å²) >= 11 is 0. The van der Waals surface area contributed by atoms with Crippen molar-refractivity contribution in [1.82, 2.24) is 4.90 Å². The van der Waals surface area contributed by atoms with Crippen LogP contribution in [0, 0.1) is 5.92 Å². The van der Waals surface area contributed by atoms with Gasteiger partial charge in [-0.15, -0.1) is 0 Å². The van der Waals surface area contributed by atoms with Crippen LogP contribution in [0.1, 0.15) is 37.8 Å². The maximum atomic E-state index is 5.69. The van der Waals surface area contributed by atoms with E-state index in [1.807, 2.05) is 6.07 Å². The van der Waals surface area contributed by atoms with Crippen LogP contribution in [0.4, 0.5) is 0 Å². The van der Waals surface area contributed by atoms with Gasteiger partial charge in [-0.25, -0.2) is 0 Å². The number of piperidine rings is 1. The third-order valence-electron chi connectivity index (χ3n) is 4.25. The molecule has 2 atom stereocenters. The lowest BCUT2D eigenvalue weighted by atomic mass is 9.93. The highest BCUT2D eigenvalue weighted by atomic mass is 16.5. The van der Waals surface area contributed by atoms with Crippen LogP contribution in [0.2, 0.25) is 0 Å². The van der Waals surface area contributed by atoms with E-state index in [4.69, 9.17) is 10.5 Å². The number of nitrogens with zero attached hydrogens (tertiary/aromatic N) is 1. The average molecular weight is 262 g/mol. The molecule has 1 fully saturated rings. The van der Waals surface area contributed by atoms with E-state index >= 15 is 0 Å². The zero-order valence-electron chi connectivity index (χ0n) is 12.1. The maximum absolute atomic E-state index is 5.69. The predicted molar refractivity (Wildman–Crippen MR) is 79.4 cm³/mol. The third-order valence-corrected chi connectivity index (χ3v) is 4.25. The fourth-order valence-electron chi connectivity index (χ4n) is 3.03. The van der Waals surface area contributed by atoms with Crippen molar-refractivity contribution in [2.45, 2.75) is 32.2 Å². The minimum absolute atomic E-state index is 0.454. The molecular weight excluding hydrogens is 236 g/mol. The van der Waals surface area contributed by atoms with E-state index in [1.54, 1.807) is 7.11 Å². The van der Waals surface area contributed by atoms with Crippen molar-refractivity contribution in [3.8, 4) is 5.75 Å². The second-order valence-corrected chi connectivity index (χ2v) is 5.53. The minimum atomic E-state index is 0.454. The number of methoxy groups -OCH3 is 1. The summed E-state index contributed by atoms with van der Waals surface area (Å²) in [5.41, 5.74) is 7.04. The van der Waals surface area contributed by atoms with Crippen molar-refractivity contribution in [2.75, 3.05) is 26.7 Å². The fraction of sp³-hybridized carbons (Fsp3) is 0.625. The van der Waals surface area contributed by atoms with Crippen LogP contribution < -0.4 is 10.5 Å². The molecule has 1 aromatic rings. The van der Waals surface area contributed by atoms with Crippen molar-refractivity contribution in [3.05, 3.63) is 29.8 Å². The zero-order valence-corrected chi connectivity index (χ0v) is 12.1. The Balaban J connectivity index is 2.03. The number of hydrogen-bond acceptors (Lipinski definition) is 3. The van der Waals surface area contributed by atoms with Gasteiger partial charge in [0.1, 0.15) is 5.75 Å². The molecule has 0 spiro atoms. The van der Waals surface area contributed by atoms with Crippen molar-refractivity contribution in [2.24, 2.45) is 11.7 Å². The number of ether oxygens (including phenoxy) is 1. The van der Waals surface area contributed by atoms with Gasteiger partial charge in [0.05, 0.1) is 7.11 Å². The Morgan fingerprint density at radius 3 is 3.05 bits per heavy atom. The Morgan fingerprint density at radius 1 is 1.47 bits per heavy atom. The predicted octanol–water partition coefficient (Wildman–Crippen LogP) is 2.82. The van der Waals surface area contributed by atoms with Crippen molar-refractivity contribution < 1.29 is 4.74 Å². The van der Waals surface area contributed by atoms with E-state index in [-0.39, 0.29) is 0 Å². The zero-order chi connectivity index (χ0) is 13.7. The molecule has 0 aliphatic carbocycles. The molecule has 19 heavy (non-hydrogen) atoms. The fourth-order valence-corrected chi connectivity index (χ4v) is 3.03. The number of hydrogen-bond donors (Lipinski definition) is 1. The van der Waals surface area contributed by atoms with E-state index < -0.39 is 0 Å². The third kappa shape index (κ3) is 3.71. The first-order chi connectivity index (χ1) is 9.24. The number of nitrogens with two attached hydrogens (primary N) is 1. The summed E-state index contributed by atoms with van der Waals surface area (Å²) in [6.07, 6.45) is 3.78. The van der Waals surface area contributed by atoms with Gasteiger partial charge in [0.2, 0.25) is 0 Å². The average Bonchev–Trinajstić information content (AvgIpc) is 2.47. The molecule has 0 amide bonds. The van der Waals surface area contributed by atoms with Crippen LogP contribution in [0.15, 0.2) is 24.3 Å². The molecule has 3 heteroatoms. The van der Waals surface area contributed by atoms with Gasteiger partial charge >= 0.3 is 0 Å². The summed E-state index contributed by atoms with van der Waals surface area (Å²) in [4.78, 5) is 2.58. The van der Waals surface area contributed by atoms with Crippen molar-refractivity contribution in [1.29, 1.82) is 0 Å². The van der Waals surface area contributed by atoms with E-state index in [0.717, 1.165) is 24.6 Å². The van der Waals surface area contributed by atoms with Crippen LogP contribution in [-0.2, 0) is 0 Å². The quantitative estimate of drug-likeness (QED) is 0.887. The van der Waals surface area contributed by atoms with E-state index in [2.05, 4.69) is 30.0 Å². The van der Waals surface area contributed by atoms with E-state index in [0.29, 0.717) is 6.04 Å². The molecule has 106 valence electrons. The first-order valence-corrected chi connectivity index (χ1v) is 7.32. The molecule has 2 N–H and O–H groups in total. The Morgan fingerprint density at radius 2 is 2.32 bits per heavy atom. The first-order valence-electron chi connectivity index (χ1n) is 7.32. The normalized spacial score (nSPS) is 22.2. The molecule has 2 unspecified atom stereocenters. The summed E-state index contributed by atoms with van der Waals surface area (Å²) in [6.45, 7) is 5.47. The lowest BCUT2D eigenvalue weighted by molar-refractivity contribution is 0.128. The smallest absolute Gasteiger partial charge is 0.119 e. The Hall–Kier alpha value is -1.06. The van der Waals surface area contributed by atoms with Crippen molar-refractivity contribution in [3.63, 3.8) is 0 Å². The highest BCUT2D eigenvalue weighted by Gasteiger charge is 2.23. The highest BCUT2D eigenvalue weighted by molar-refractivity contribution is 5.30. The van der Waals surface area contributed by atoms with Gasteiger partial charge in [-0.2, -0.15) is 0 Å². The highest BCUT2D eigenvalue weighted by Crippen LogP contribution is 2.29. The van der Waals surface area contributed by atoms with Gasteiger partial charge in [0.15, 0.2) is 0 Å². The van der Waals surface area contributed by atoms with Gasteiger partial charge in [0, 0.05) is 12.6 Å². The summed E-state index contributed by atoms with van der Waals surface area (Å²) in [7, 11) is 1.72. The molecule has 0 aromatic heterocycles. The lowest BCUT2D eigenvalue weighted by Gasteiger charge is -2.37. The Labute approximate surface area is 116 Å². The van der Waals surface area contributed by atoms with Crippen LogP contribution in [-0.4, -0.2) is 31.6 Å². The molecule has 0 bridgehead atoms. The second kappa shape index (κ2) is 6.92. The largest absolute Gasteiger partial charge is 0.497 e.